The molecule has 0 aliphatic carbocycles. The van der Waals surface area contributed by atoms with E-state index in [-0.39, 0.29) is 16.6 Å². The highest BCUT2D eigenvalue weighted by Crippen LogP contribution is 2.59. The number of hydrogen-bond acceptors (Lipinski definition) is 4. The average molecular weight is 383 g/mol. The van der Waals surface area contributed by atoms with E-state index < -0.39 is 0 Å². The third-order valence-corrected chi connectivity index (χ3v) is 6.88. The molecule has 1 aromatic heterocycles. The second-order valence-electron chi connectivity index (χ2n) is 9.19. The molecule has 28 heavy (non-hydrogen) atoms. The predicted octanol–water partition coefficient (Wildman–Crippen LogP) is 5.49. The quantitative estimate of drug-likeness (QED) is 0.489. The van der Waals surface area contributed by atoms with Crippen molar-refractivity contribution in [1.82, 2.24) is 0 Å². The van der Waals surface area contributed by atoms with Crippen molar-refractivity contribution in [2.24, 2.45) is 11.3 Å². The molecule has 2 aliphatic heterocycles. The van der Waals surface area contributed by atoms with Gasteiger partial charge in [-0.05, 0) is 75.1 Å². The summed E-state index contributed by atoms with van der Waals surface area (Å²) in [4.78, 5) is 11.4. The normalized spacial score (nSPS) is 28.8. The topological polar surface area (TPSA) is 48.7 Å². The van der Waals surface area contributed by atoms with Crippen LogP contribution in [0.3, 0.4) is 0 Å². The Hall–Kier alpha value is -2.07. The lowest BCUT2D eigenvalue weighted by molar-refractivity contribution is 0.00469. The van der Waals surface area contributed by atoms with Crippen LogP contribution in [0.25, 0.3) is 11.0 Å². The van der Waals surface area contributed by atoms with Crippen LogP contribution in [-0.2, 0) is 4.74 Å². The highest BCUT2D eigenvalue weighted by Gasteiger charge is 2.60. The first kappa shape index (κ1) is 19.3. The molecule has 2 fully saturated rings. The predicted molar refractivity (Wildman–Crippen MR) is 111 cm³/mol. The summed E-state index contributed by atoms with van der Waals surface area (Å²) in [6.45, 7) is 9.72. The molecule has 4 rings (SSSR count). The Kier molecular flexibility index (Phi) is 4.86. The first-order valence-corrected chi connectivity index (χ1v) is 10.3. The van der Waals surface area contributed by atoms with Crippen LogP contribution in [0, 0.1) is 11.3 Å². The van der Waals surface area contributed by atoms with Crippen LogP contribution in [0.15, 0.2) is 51.2 Å². The number of allylic oxidation sites excluding steroid dienone is 1. The Morgan fingerprint density at radius 1 is 1.25 bits per heavy atom. The molecule has 150 valence electrons. The fourth-order valence-corrected chi connectivity index (χ4v) is 5.21. The summed E-state index contributed by atoms with van der Waals surface area (Å²) < 4.78 is 17.4. The Balaban J connectivity index is 1.33. The second kappa shape index (κ2) is 7.07. The van der Waals surface area contributed by atoms with Crippen molar-refractivity contribution in [1.29, 1.82) is 0 Å². The van der Waals surface area contributed by atoms with Crippen molar-refractivity contribution >= 4 is 11.0 Å². The summed E-state index contributed by atoms with van der Waals surface area (Å²) in [5.74, 6) is 1.31. The lowest BCUT2D eigenvalue weighted by atomic mass is 9.62. The molecule has 0 radical (unpaired) electrons. The molecule has 2 aliphatic rings. The maximum absolute atomic E-state index is 11.4. The molecule has 4 nitrogen and oxygen atoms in total. The molecule has 0 spiro atoms. The van der Waals surface area contributed by atoms with Gasteiger partial charge < -0.3 is 13.9 Å². The van der Waals surface area contributed by atoms with Crippen LogP contribution in [0.4, 0.5) is 0 Å². The summed E-state index contributed by atoms with van der Waals surface area (Å²) in [6, 6.07) is 8.77. The minimum Gasteiger partial charge on any atom is -0.489 e. The highest BCUT2D eigenvalue weighted by molar-refractivity contribution is 5.77. The van der Waals surface area contributed by atoms with Crippen LogP contribution in [0.2, 0.25) is 0 Å². The number of benzene rings is 1. The molecule has 0 saturated carbocycles. The summed E-state index contributed by atoms with van der Waals surface area (Å²) in [7, 11) is 0. The SMILES string of the molecule is C/C(=C\COc1ccc2ccc(=O)oc2c1)CC[C@H]1C(C)(C)[C@H]2CC[C@]1(C)O2. The number of fused-ring (bicyclic) bond motifs is 3. The van der Waals surface area contributed by atoms with Gasteiger partial charge >= 0.3 is 5.63 Å². The number of ether oxygens (including phenoxy) is 2. The first-order valence-electron chi connectivity index (χ1n) is 10.3. The van der Waals surface area contributed by atoms with Crippen molar-refractivity contribution in [2.45, 2.75) is 65.1 Å². The second-order valence-corrected chi connectivity index (χ2v) is 9.19. The summed E-state index contributed by atoms with van der Waals surface area (Å²) in [5, 5.41) is 0.892. The van der Waals surface area contributed by atoms with Gasteiger partial charge in [0.25, 0.3) is 0 Å². The average Bonchev–Trinajstić information content (AvgIpc) is 3.12. The Bertz CT molecular complexity index is 950. The summed E-state index contributed by atoms with van der Waals surface area (Å²) in [5.41, 5.74) is 1.87. The van der Waals surface area contributed by atoms with Crippen molar-refractivity contribution in [3.63, 3.8) is 0 Å². The largest absolute Gasteiger partial charge is 0.489 e. The van der Waals surface area contributed by atoms with E-state index >= 15 is 0 Å². The lowest BCUT2D eigenvalue weighted by Crippen LogP contribution is -2.40. The van der Waals surface area contributed by atoms with E-state index in [1.54, 1.807) is 12.1 Å². The fraction of sp³-hybridized carbons (Fsp3) is 0.542. The molecule has 0 N–H and O–H groups in total. The molecule has 2 aromatic rings. The van der Waals surface area contributed by atoms with E-state index in [9.17, 15) is 4.79 Å². The monoisotopic (exact) mass is 382 g/mol. The Morgan fingerprint density at radius 3 is 2.79 bits per heavy atom. The molecule has 4 heteroatoms. The van der Waals surface area contributed by atoms with Crippen molar-refractivity contribution in [2.75, 3.05) is 6.61 Å². The van der Waals surface area contributed by atoms with Gasteiger partial charge in [-0.15, -0.1) is 0 Å². The zero-order valence-corrected chi connectivity index (χ0v) is 17.3. The molecule has 3 atom stereocenters. The minimum absolute atomic E-state index is 0.0555. The van der Waals surface area contributed by atoms with Gasteiger partial charge in [-0.2, -0.15) is 0 Å². The van der Waals surface area contributed by atoms with Crippen molar-refractivity contribution < 1.29 is 13.9 Å². The number of hydrogen-bond donors (Lipinski definition) is 0. The van der Waals surface area contributed by atoms with Gasteiger partial charge in [0, 0.05) is 17.5 Å². The van der Waals surface area contributed by atoms with E-state index in [0.29, 0.717) is 30.0 Å². The van der Waals surface area contributed by atoms with E-state index in [4.69, 9.17) is 13.9 Å². The molecule has 3 heterocycles. The molecule has 1 aromatic carbocycles. The van der Waals surface area contributed by atoms with E-state index in [0.717, 1.165) is 18.2 Å². The van der Waals surface area contributed by atoms with Crippen LogP contribution >= 0.6 is 0 Å². The lowest BCUT2D eigenvalue weighted by Gasteiger charge is -2.39. The van der Waals surface area contributed by atoms with Gasteiger partial charge in [-0.1, -0.05) is 19.4 Å². The zero-order chi connectivity index (χ0) is 19.9. The van der Waals surface area contributed by atoms with E-state index in [2.05, 4.69) is 33.8 Å². The van der Waals surface area contributed by atoms with Gasteiger partial charge in [-0.25, -0.2) is 4.79 Å². The van der Waals surface area contributed by atoms with Crippen molar-refractivity contribution in [3.05, 3.63) is 52.4 Å². The van der Waals surface area contributed by atoms with Gasteiger partial charge in [-0.3, -0.25) is 0 Å². The van der Waals surface area contributed by atoms with E-state index in [1.165, 1.54) is 24.5 Å². The van der Waals surface area contributed by atoms with Gasteiger partial charge in [0.1, 0.15) is 17.9 Å². The fourth-order valence-electron chi connectivity index (χ4n) is 5.21. The third-order valence-electron chi connectivity index (χ3n) is 6.88. The van der Waals surface area contributed by atoms with Crippen LogP contribution in [-0.4, -0.2) is 18.3 Å². The van der Waals surface area contributed by atoms with E-state index in [1.807, 2.05) is 12.1 Å². The van der Waals surface area contributed by atoms with Crippen LogP contribution in [0.5, 0.6) is 5.75 Å². The third kappa shape index (κ3) is 3.50. The summed E-state index contributed by atoms with van der Waals surface area (Å²) >= 11 is 0. The summed E-state index contributed by atoms with van der Waals surface area (Å²) in [6.07, 6.45) is 7.18. The van der Waals surface area contributed by atoms with Gasteiger partial charge in [0.05, 0.1) is 11.7 Å². The van der Waals surface area contributed by atoms with Gasteiger partial charge in [0.15, 0.2) is 0 Å². The van der Waals surface area contributed by atoms with Crippen LogP contribution in [0.1, 0.15) is 53.4 Å². The Morgan fingerprint density at radius 2 is 2.04 bits per heavy atom. The van der Waals surface area contributed by atoms with Crippen LogP contribution < -0.4 is 10.4 Å². The first-order chi connectivity index (χ1) is 13.3. The van der Waals surface area contributed by atoms with Gasteiger partial charge in [0.2, 0.25) is 0 Å². The molecule has 0 amide bonds. The Labute approximate surface area is 166 Å². The molecule has 2 bridgehead atoms. The molecular weight excluding hydrogens is 352 g/mol. The maximum atomic E-state index is 11.4. The zero-order valence-electron chi connectivity index (χ0n) is 17.3. The smallest absolute Gasteiger partial charge is 0.336 e. The molecule has 0 unspecified atom stereocenters. The standard InChI is InChI=1S/C24H30O4/c1-16(5-9-20-23(2,3)21-11-13-24(20,4)28-21)12-14-26-18-8-6-17-7-10-22(25)27-19(17)15-18/h6-8,10,12,15,20-21H,5,9,11,13-14H2,1-4H3/b16-12+/t20-,21+,24-/m0/s1. The maximum Gasteiger partial charge on any atom is 0.336 e. The highest BCUT2D eigenvalue weighted by atomic mass is 16.5. The molecule has 2 saturated heterocycles. The molecular formula is C24H30O4. The number of rotatable bonds is 6. The minimum atomic E-state index is -0.346. The van der Waals surface area contributed by atoms with Crippen molar-refractivity contribution in [3.8, 4) is 5.75 Å².